The molecule has 1 N–H and O–H groups in total. The van der Waals surface area contributed by atoms with Crippen LogP contribution in [0.15, 0.2) is 66.7 Å². The second-order valence-electron chi connectivity index (χ2n) is 7.21. The summed E-state index contributed by atoms with van der Waals surface area (Å²) in [6, 6.07) is 22.2. The van der Waals surface area contributed by atoms with Crippen molar-refractivity contribution in [2.75, 3.05) is 13.1 Å². The lowest BCUT2D eigenvalue weighted by atomic mass is 9.87. The Balaban J connectivity index is 1.38. The highest BCUT2D eigenvalue weighted by atomic mass is 16.5. The van der Waals surface area contributed by atoms with E-state index < -0.39 is 12.2 Å². The number of hydrogen-bond donors (Lipinski definition) is 1. The second kappa shape index (κ2) is 7.90. The normalized spacial score (nSPS) is 19.5. The molecule has 1 saturated heterocycles. The largest absolute Gasteiger partial charge is 0.530 e. The summed E-state index contributed by atoms with van der Waals surface area (Å²) in [7, 11) is 0. The summed E-state index contributed by atoms with van der Waals surface area (Å²) in [6.07, 6.45) is -1.38. The summed E-state index contributed by atoms with van der Waals surface area (Å²) < 4.78 is 5.90. The lowest BCUT2D eigenvalue weighted by Gasteiger charge is -2.37. The zero-order valence-corrected chi connectivity index (χ0v) is 15.5. The second-order valence-corrected chi connectivity index (χ2v) is 7.21. The zero-order chi connectivity index (χ0) is 19.5. The summed E-state index contributed by atoms with van der Waals surface area (Å²) in [5, 5.41) is 23.6. The third kappa shape index (κ3) is 3.94. The van der Waals surface area contributed by atoms with Gasteiger partial charge in [-0.3, -0.25) is 0 Å². The third-order valence-electron chi connectivity index (χ3n) is 5.37. The van der Waals surface area contributed by atoms with Crippen molar-refractivity contribution in [2.45, 2.75) is 25.0 Å². The lowest BCUT2D eigenvalue weighted by Crippen LogP contribution is -2.50. The van der Waals surface area contributed by atoms with Crippen LogP contribution in [0.25, 0.3) is 10.8 Å². The van der Waals surface area contributed by atoms with Gasteiger partial charge in [-0.2, -0.15) is 0 Å². The number of aliphatic hydroxyl groups is 1. The maximum Gasteiger partial charge on any atom is 0.137 e. The highest BCUT2D eigenvalue weighted by molar-refractivity contribution is 5.82. The quantitative estimate of drug-likeness (QED) is 0.760. The summed E-state index contributed by atoms with van der Waals surface area (Å²) in [5.41, 5.74) is 2.09. The van der Waals surface area contributed by atoms with E-state index in [0.29, 0.717) is 19.6 Å². The van der Waals surface area contributed by atoms with E-state index in [2.05, 4.69) is 30.3 Å². The first-order valence-electron chi connectivity index (χ1n) is 9.44. The Morgan fingerprint density at radius 1 is 1.07 bits per heavy atom. The molecule has 5 nitrogen and oxygen atoms in total. The Labute approximate surface area is 163 Å². The number of fused-ring (bicyclic) bond motifs is 1. The fourth-order valence-corrected chi connectivity index (χ4v) is 3.79. The maximum atomic E-state index is 10.9. The van der Waals surface area contributed by atoms with E-state index in [1.807, 2.05) is 36.4 Å². The molecule has 1 aliphatic heterocycles. The molecular weight excluding hydrogens is 354 g/mol. The van der Waals surface area contributed by atoms with Crippen molar-refractivity contribution in [3.8, 4) is 5.75 Å². The molecule has 3 aromatic rings. The number of ether oxygens (including phenoxy) is 1. The van der Waals surface area contributed by atoms with Gasteiger partial charge in [0.15, 0.2) is 0 Å². The Bertz CT molecular complexity index is 970. The van der Waals surface area contributed by atoms with Gasteiger partial charge in [0.05, 0.1) is 6.10 Å². The number of carboxylic acid groups (broad SMARTS) is 1. The summed E-state index contributed by atoms with van der Waals surface area (Å²) in [5.74, 6) is 0.684. The van der Waals surface area contributed by atoms with Crippen LogP contribution in [0.1, 0.15) is 23.5 Å². The SMILES string of the molecule is O=C([O-])N1CCC(c2ccc(OCc3ccc4ccccc4c3)cc2)C(O)C1. The summed E-state index contributed by atoms with van der Waals surface area (Å²) in [4.78, 5) is 12.1. The van der Waals surface area contributed by atoms with Crippen molar-refractivity contribution in [3.63, 3.8) is 0 Å². The topological polar surface area (TPSA) is 72.8 Å². The Morgan fingerprint density at radius 2 is 1.82 bits per heavy atom. The van der Waals surface area contributed by atoms with Crippen molar-refractivity contribution < 1.29 is 19.7 Å². The van der Waals surface area contributed by atoms with E-state index in [4.69, 9.17) is 4.74 Å². The molecule has 5 heteroatoms. The number of β-amino-alcohol motifs (C(OH)–C–C–N with tert-alkyl or cyclic N) is 1. The molecule has 144 valence electrons. The fraction of sp³-hybridized carbons (Fsp3) is 0.261. The molecule has 0 saturated carbocycles. The number of amides is 1. The average Bonchev–Trinajstić information content (AvgIpc) is 2.72. The number of likely N-dealkylation sites (tertiary alicyclic amines) is 1. The predicted octanol–water partition coefficient (Wildman–Crippen LogP) is 2.91. The van der Waals surface area contributed by atoms with Crippen molar-refractivity contribution >= 4 is 16.9 Å². The average molecular weight is 376 g/mol. The van der Waals surface area contributed by atoms with Gasteiger partial charge in [-0.05, 0) is 46.5 Å². The number of carbonyl (C=O) groups excluding carboxylic acids is 1. The minimum Gasteiger partial charge on any atom is -0.530 e. The first kappa shape index (κ1) is 18.3. The van der Waals surface area contributed by atoms with Crippen LogP contribution < -0.4 is 9.84 Å². The molecule has 28 heavy (non-hydrogen) atoms. The molecule has 2 unspecified atom stereocenters. The van der Waals surface area contributed by atoms with Crippen molar-refractivity contribution in [3.05, 3.63) is 77.9 Å². The lowest BCUT2D eigenvalue weighted by molar-refractivity contribution is -0.268. The van der Waals surface area contributed by atoms with Gasteiger partial charge in [-0.15, -0.1) is 0 Å². The molecule has 1 heterocycles. The minimum atomic E-state index is -1.23. The van der Waals surface area contributed by atoms with Crippen LogP contribution in [0.2, 0.25) is 0 Å². The van der Waals surface area contributed by atoms with Gasteiger partial charge in [-0.1, -0.05) is 48.5 Å². The minimum absolute atomic E-state index is 0.0786. The number of aliphatic hydroxyl groups excluding tert-OH is 1. The monoisotopic (exact) mass is 376 g/mol. The Morgan fingerprint density at radius 3 is 2.54 bits per heavy atom. The molecule has 0 bridgehead atoms. The van der Waals surface area contributed by atoms with Gasteiger partial charge >= 0.3 is 0 Å². The Hall–Kier alpha value is -3.05. The van der Waals surface area contributed by atoms with E-state index in [9.17, 15) is 15.0 Å². The van der Waals surface area contributed by atoms with E-state index in [1.165, 1.54) is 10.8 Å². The van der Waals surface area contributed by atoms with Gasteiger partial charge in [-0.25, -0.2) is 0 Å². The molecular formula is C23H22NO4-. The number of hydrogen-bond acceptors (Lipinski definition) is 4. The van der Waals surface area contributed by atoms with Gasteiger partial charge in [0.2, 0.25) is 0 Å². The van der Waals surface area contributed by atoms with Crippen LogP contribution in [0.4, 0.5) is 4.79 Å². The van der Waals surface area contributed by atoms with Crippen LogP contribution in [-0.4, -0.2) is 35.3 Å². The van der Waals surface area contributed by atoms with Crippen LogP contribution in [0.5, 0.6) is 5.75 Å². The Kier molecular flexibility index (Phi) is 5.17. The van der Waals surface area contributed by atoms with E-state index in [-0.39, 0.29) is 12.5 Å². The summed E-state index contributed by atoms with van der Waals surface area (Å²) >= 11 is 0. The predicted molar refractivity (Wildman–Crippen MR) is 105 cm³/mol. The molecule has 0 aromatic heterocycles. The number of benzene rings is 3. The van der Waals surface area contributed by atoms with Crippen LogP contribution in [0.3, 0.4) is 0 Å². The number of nitrogens with zero attached hydrogens (tertiary/aromatic N) is 1. The summed E-state index contributed by atoms with van der Waals surface area (Å²) in [6.45, 7) is 0.953. The molecule has 0 radical (unpaired) electrons. The number of rotatable bonds is 4. The molecule has 4 rings (SSSR count). The van der Waals surface area contributed by atoms with Gasteiger partial charge in [0.1, 0.15) is 18.4 Å². The van der Waals surface area contributed by atoms with Crippen molar-refractivity contribution in [2.24, 2.45) is 0 Å². The first-order valence-corrected chi connectivity index (χ1v) is 9.44. The highest BCUT2D eigenvalue weighted by Crippen LogP contribution is 2.29. The maximum absolute atomic E-state index is 10.9. The van der Waals surface area contributed by atoms with Crippen molar-refractivity contribution in [1.29, 1.82) is 0 Å². The van der Waals surface area contributed by atoms with Crippen LogP contribution in [-0.2, 0) is 6.61 Å². The molecule has 3 aromatic carbocycles. The molecule has 0 aliphatic carbocycles. The van der Waals surface area contributed by atoms with Gasteiger partial charge in [0.25, 0.3) is 0 Å². The van der Waals surface area contributed by atoms with Gasteiger partial charge in [0, 0.05) is 19.0 Å². The molecule has 1 aliphatic rings. The van der Waals surface area contributed by atoms with Crippen LogP contribution in [0, 0.1) is 0 Å². The van der Waals surface area contributed by atoms with E-state index >= 15 is 0 Å². The van der Waals surface area contributed by atoms with E-state index in [0.717, 1.165) is 21.8 Å². The molecule has 1 amide bonds. The van der Waals surface area contributed by atoms with Gasteiger partial charge < -0.3 is 24.6 Å². The van der Waals surface area contributed by atoms with Crippen molar-refractivity contribution in [1.82, 2.24) is 4.90 Å². The smallest absolute Gasteiger partial charge is 0.137 e. The standard InChI is InChI=1S/C23H23NO4/c25-22-14-24(23(26)27)12-11-21(22)18-7-9-20(10-8-18)28-15-16-5-6-17-3-1-2-4-19(17)13-16/h1-10,13,21-22,25H,11-12,14-15H2,(H,26,27)/p-1. The number of piperidine rings is 1. The molecule has 2 atom stereocenters. The highest BCUT2D eigenvalue weighted by Gasteiger charge is 2.28. The molecule has 0 spiro atoms. The number of carbonyl (C=O) groups is 1. The third-order valence-corrected chi connectivity index (χ3v) is 5.37. The van der Waals surface area contributed by atoms with Crippen LogP contribution >= 0.6 is 0 Å². The zero-order valence-electron chi connectivity index (χ0n) is 15.5. The first-order chi connectivity index (χ1) is 13.6. The van der Waals surface area contributed by atoms with E-state index in [1.54, 1.807) is 0 Å². The fourth-order valence-electron chi connectivity index (χ4n) is 3.79. The molecule has 1 fully saturated rings.